The van der Waals surface area contributed by atoms with Crippen LogP contribution < -0.4 is 11.1 Å². The Morgan fingerprint density at radius 2 is 1.85 bits per heavy atom. The zero-order valence-corrected chi connectivity index (χ0v) is 18.8. The number of carbonyl (C=O) groups excluding carboxylic acids is 2. The van der Waals surface area contributed by atoms with Crippen LogP contribution in [0, 0.1) is 19.7 Å². The number of nitrogens with zero attached hydrogens (tertiary/aromatic N) is 3. The molecule has 0 atom stereocenters. The Balaban J connectivity index is 1.88. The number of hydrogen-bond acceptors (Lipinski definition) is 4. The molecule has 0 aliphatic heterocycles. The second kappa shape index (κ2) is 8.46. The lowest BCUT2D eigenvalue weighted by molar-refractivity contribution is 0.0996. The summed E-state index contributed by atoms with van der Waals surface area (Å²) in [5.41, 5.74) is 9.11. The maximum atomic E-state index is 14.3. The van der Waals surface area contributed by atoms with Gasteiger partial charge in [-0.15, -0.1) is 0 Å². The molecule has 4 rings (SSSR count). The fourth-order valence-electron chi connectivity index (χ4n) is 3.72. The van der Waals surface area contributed by atoms with Crippen LogP contribution in [-0.2, 0) is 0 Å². The standard InChI is InChI=1S/C25H24FN5O2/c1-13(2)31-24-19(12-28-31)18(11-22(29-24)17-8-6-5-7-14(17)3)25(33)30-21-10-16(23(27)32)9-20(26)15(21)4/h5-13H,1-4H3,(H2,27,32)(H,30,33). The van der Waals surface area contributed by atoms with Crippen molar-refractivity contribution in [1.82, 2.24) is 14.8 Å². The molecule has 168 valence electrons. The van der Waals surface area contributed by atoms with Gasteiger partial charge in [0.15, 0.2) is 5.65 Å². The largest absolute Gasteiger partial charge is 0.366 e. The molecule has 0 fully saturated rings. The maximum Gasteiger partial charge on any atom is 0.256 e. The summed E-state index contributed by atoms with van der Waals surface area (Å²) in [4.78, 5) is 29.8. The molecule has 2 aromatic heterocycles. The minimum absolute atomic E-state index is 0.0264. The molecule has 0 saturated carbocycles. The fraction of sp³-hybridized carbons (Fsp3) is 0.200. The summed E-state index contributed by atoms with van der Waals surface area (Å²) < 4.78 is 16.1. The first-order valence-electron chi connectivity index (χ1n) is 10.5. The van der Waals surface area contributed by atoms with Crippen LogP contribution in [0.15, 0.2) is 48.7 Å². The van der Waals surface area contributed by atoms with Crippen molar-refractivity contribution in [3.63, 3.8) is 0 Å². The van der Waals surface area contributed by atoms with Gasteiger partial charge in [-0.25, -0.2) is 14.1 Å². The molecular weight excluding hydrogens is 421 g/mol. The molecule has 0 unspecified atom stereocenters. The normalized spacial score (nSPS) is 11.2. The van der Waals surface area contributed by atoms with Crippen molar-refractivity contribution < 1.29 is 14.0 Å². The Morgan fingerprint density at radius 3 is 2.52 bits per heavy atom. The monoisotopic (exact) mass is 445 g/mol. The number of aromatic nitrogens is 3. The molecule has 8 heteroatoms. The number of anilines is 1. The number of aryl methyl sites for hydroxylation is 1. The van der Waals surface area contributed by atoms with E-state index in [0.29, 0.717) is 22.3 Å². The Morgan fingerprint density at radius 1 is 1.12 bits per heavy atom. The molecular formula is C25H24FN5O2. The van der Waals surface area contributed by atoms with Gasteiger partial charge < -0.3 is 11.1 Å². The fourth-order valence-corrected chi connectivity index (χ4v) is 3.72. The smallest absolute Gasteiger partial charge is 0.256 e. The van der Waals surface area contributed by atoms with E-state index in [9.17, 15) is 14.0 Å². The number of pyridine rings is 1. The molecule has 0 aliphatic rings. The van der Waals surface area contributed by atoms with Gasteiger partial charge in [-0.1, -0.05) is 24.3 Å². The average molecular weight is 445 g/mol. The lowest BCUT2D eigenvalue weighted by Gasteiger charge is -2.14. The number of primary amides is 1. The molecule has 2 amide bonds. The molecule has 0 saturated heterocycles. The van der Waals surface area contributed by atoms with Gasteiger partial charge in [-0.3, -0.25) is 9.59 Å². The first-order chi connectivity index (χ1) is 15.7. The van der Waals surface area contributed by atoms with Crippen molar-refractivity contribution in [2.45, 2.75) is 33.7 Å². The van der Waals surface area contributed by atoms with E-state index in [0.717, 1.165) is 17.2 Å². The van der Waals surface area contributed by atoms with E-state index in [-0.39, 0.29) is 22.9 Å². The van der Waals surface area contributed by atoms with Crippen LogP contribution in [0.5, 0.6) is 0 Å². The summed E-state index contributed by atoms with van der Waals surface area (Å²) in [5, 5.41) is 7.73. The second-order valence-corrected chi connectivity index (χ2v) is 8.24. The first kappa shape index (κ1) is 22.1. The van der Waals surface area contributed by atoms with Crippen LogP contribution in [0.25, 0.3) is 22.3 Å². The van der Waals surface area contributed by atoms with Gasteiger partial charge in [0.05, 0.1) is 22.8 Å². The Bertz CT molecular complexity index is 1410. The highest BCUT2D eigenvalue weighted by Crippen LogP contribution is 2.29. The van der Waals surface area contributed by atoms with E-state index in [1.807, 2.05) is 45.0 Å². The number of hydrogen-bond donors (Lipinski definition) is 2. The molecule has 0 radical (unpaired) electrons. The van der Waals surface area contributed by atoms with Crippen molar-refractivity contribution in [2.24, 2.45) is 5.73 Å². The summed E-state index contributed by atoms with van der Waals surface area (Å²) in [6.07, 6.45) is 1.60. The quantitative estimate of drug-likeness (QED) is 0.461. The van der Waals surface area contributed by atoms with Crippen molar-refractivity contribution in [3.8, 4) is 11.3 Å². The summed E-state index contributed by atoms with van der Waals surface area (Å²) in [5.74, 6) is -1.88. The Labute approximate surface area is 190 Å². The van der Waals surface area contributed by atoms with E-state index in [2.05, 4.69) is 10.4 Å². The van der Waals surface area contributed by atoms with Gasteiger partial charge in [0.1, 0.15) is 5.82 Å². The molecule has 3 N–H and O–H groups in total. The summed E-state index contributed by atoms with van der Waals surface area (Å²) >= 11 is 0. The molecule has 4 aromatic rings. The summed E-state index contributed by atoms with van der Waals surface area (Å²) in [7, 11) is 0. The highest BCUT2D eigenvalue weighted by atomic mass is 19.1. The van der Waals surface area contributed by atoms with Crippen LogP contribution >= 0.6 is 0 Å². The van der Waals surface area contributed by atoms with E-state index >= 15 is 0 Å². The van der Waals surface area contributed by atoms with Crippen LogP contribution in [0.2, 0.25) is 0 Å². The van der Waals surface area contributed by atoms with Gasteiger partial charge in [0, 0.05) is 28.4 Å². The number of amides is 2. The highest BCUT2D eigenvalue weighted by Gasteiger charge is 2.21. The number of nitrogens with two attached hydrogens (primary N) is 1. The number of benzene rings is 2. The molecule has 33 heavy (non-hydrogen) atoms. The highest BCUT2D eigenvalue weighted by molar-refractivity contribution is 6.13. The first-order valence-corrected chi connectivity index (χ1v) is 10.5. The average Bonchev–Trinajstić information content (AvgIpc) is 3.20. The summed E-state index contributed by atoms with van der Waals surface area (Å²) in [6.45, 7) is 7.46. The lowest BCUT2D eigenvalue weighted by atomic mass is 10.0. The Hall–Kier alpha value is -4.07. The third-order valence-electron chi connectivity index (χ3n) is 5.60. The molecule has 0 spiro atoms. The van der Waals surface area contributed by atoms with Crippen LogP contribution in [-0.4, -0.2) is 26.6 Å². The molecule has 2 aromatic carbocycles. The van der Waals surface area contributed by atoms with Gasteiger partial charge in [0.2, 0.25) is 5.91 Å². The van der Waals surface area contributed by atoms with Crippen molar-refractivity contribution >= 4 is 28.5 Å². The Kier molecular flexibility index (Phi) is 5.68. The minimum Gasteiger partial charge on any atom is -0.366 e. The van der Waals surface area contributed by atoms with Gasteiger partial charge in [0.25, 0.3) is 5.91 Å². The van der Waals surface area contributed by atoms with Crippen LogP contribution in [0.4, 0.5) is 10.1 Å². The third kappa shape index (κ3) is 4.07. The van der Waals surface area contributed by atoms with Crippen LogP contribution in [0.1, 0.15) is 51.7 Å². The zero-order chi connectivity index (χ0) is 23.9. The van der Waals surface area contributed by atoms with Gasteiger partial charge in [-0.05, 0) is 51.5 Å². The van der Waals surface area contributed by atoms with Crippen molar-refractivity contribution in [2.75, 3.05) is 5.32 Å². The second-order valence-electron chi connectivity index (χ2n) is 8.24. The predicted molar refractivity (Wildman–Crippen MR) is 126 cm³/mol. The van der Waals surface area contributed by atoms with Gasteiger partial charge in [-0.2, -0.15) is 5.10 Å². The molecule has 0 aliphatic carbocycles. The molecule has 2 heterocycles. The zero-order valence-electron chi connectivity index (χ0n) is 18.8. The maximum absolute atomic E-state index is 14.3. The van der Waals surface area contributed by atoms with E-state index < -0.39 is 17.6 Å². The summed E-state index contributed by atoms with van der Waals surface area (Å²) in [6, 6.07) is 11.9. The van der Waals surface area contributed by atoms with Crippen molar-refractivity contribution in [1.29, 1.82) is 0 Å². The number of rotatable bonds is 5. The molecule has 0 bridgehead atoms. The topological polar surface area (TPSA) is 103 Å². The van der Waals surface area contributed by atoms with Crippen LogP contribution in [0.3, 0.4) is 0 Å². The number of fused-ring (bicyclic) bond motifs is 1. The lowest BCUT2D eigenvalue weighted by Crippen LogP contribution is -2.17. The number of halogens is 1. The SMILES string of the molecule is Cc1ccccc1-c1cc(C(=O)Nc2cc(C(N)=O)cc(F)c2C)c2cnn(C(C)C)c2n1. The molecule has 7 nitrogen and oxygen atoms in total. The third-order valence-corrected chi connectivity index (χ3v) is 5.60. The number of nitrogens with one attached hydrogen (secondary N) is 1. The minimum atomic E-state index is -0.782. The van der Waals surface area contributed by atoms with E-state index in [1.54, 1.807) is 16.9 Å². The predicted octanol–water partition coefficient (Wildman–Crippen LogP) is 4.79. The van der Waals surface area contributed by atoms with E-state index in [1.165, 1.54) is 13.0 Å². The van der Waals surface area contributed by atoms with Crippen molar-refractivity contribution in [3.05, 3.63) is 76.7 Å². The van der Waals surface area contributed by atoms with E-state index in [4.69, 9.17) is 10.7 Å². The van der Waals surface area contributed by atoms with Gasteiger partial charge >= 0.3 is 0 Å². The number of carbonyl (C=O) groups is 2.